The lowest BCUT2D eigenvalue weighted by atomic mass is 10.1. The summed E-state index contributed by atoms with van der Waals surface area (Å²) in [4.78, 5) is 12.3. The third-order valence-electron chi connectivity index (χ3n) is 3.01. The van der Waals surface area contributed by atoms with Crippen molar-refractivity contribution in [3.05, 3.63) is 70.2 Å². The fraction of sp³-hybridized carbons (Fsp3) is 0.167. The third-order valence-corrected chi connectivity index (χ3v) is 3.87. The minimum Gasteiger partial charge on any atom is -0.489 e. The molecule has 3 nitrogen and oxygen atoms in total. The molecule has 0 fully saturated rings. The topological polar surface area (TPSA) is 38.3 Å². The summed E-state index contributed by atoms with van der Waals surface area (Å²) in [6.07, 6.45) is 0. The Morgan fingerprint density at radius 1 is 1.27 bits per heavy atom. The highest BCUT2D eigenvalue weighted by Gasteiger charge is 2.08. The lowest BCUT2D eigenvalue weighted by Gasteiger charge is -2.10. The van der Waals surface area contributed by atoms with Crippen LogP contribution >= 0.6 is 15.9 Å². The van der Waals surface area contributed by atoms with E-state index in [0.717, 1.165) is 15.6 Å². The van der Waals surface area contributed by atoms with E-state index >= 15 is 0 Å². The molecular formula is C18H18BrNO2. The predicted octanol–water partition coefficient (Wildman–Crippen LogP) is 4.96. The van der Waals surface area contributed by atoms with Crippen LogP contribution in [0.25, 0.3) is 0 Å². The summed E-state index contributed by atoms with van der Waals surface area (Å²) in [6, 6.07) is 12.8. The molecule has 0 aliphatic carbocycles. The average molecular weight is 360 g/mol. The van der Waals surface area contributed by atoms with E-state index in [1.165, 1.54) is 0 Å². The van der Waals surface area contributed by atoms with Gasteiger partial charge in [-0.3, -0.25) is 4.79 Å². The van der Waals surface area contributed by atoms with Crippen LogP contribution in [-0.2, 0) is 0 Å². The second-order valence-corrected chi connectivity index (χ2v) is 6.05. The molecule has 0 bridgehead atoms. The minimum absolute atomic E-state index is 0.155. The molecule has 0 aliphatic rings. The smallest absolute Gasteiger partial charge is 0.255 e. The Balaban J connectivity index is 2.09. The van der Waals surface area contributed by atoms with Crippen molar-refractivity contribution in [2.75, 3.05) is 11.9 Å². The average Bonchev–Trinajstić information content (AvgIpc) is 2.48. The minimum atomic E-state index is -0.155. The van der Waals surface area contributed by atoms with Crippen molar-refractivity contribution in [3.63, 3.8) is 0 Å². The summed E-state index contributed by atoms with van der Waals surface area (Å²) in [5.41, 5.74) is 3.33. The molecule has 114 valence electrons. The fourth-order valence-corrected chi connectivity index (χ4v) is 2.19. The molecule has 1 N–H and O–H groups in total. The van der Waals surface area contributed by atoms with Crippen molar-refractivity contribution >= 4 is 27.5 Å². The Bertz CT molecular complexity index is 710. The maximum absolute atomic E-state index is 12.3. The quantitative estimate of drug-likeness (QED) is 0.765. The van der Waals surface area contributed by atoms with Crippen LogP contribution in [0.5, 0.6) is 5.75 Å². The van der Waals surface area contributed by atoms with Crippen LogP contribution < -0.4 is 10.1 Å². The number of nitrogens with one attached hydrogen (secondary N) is 1. The zero-order chi connectivity index (χ0) is 16.1. The van der Waals surface area contributed by atoms with Gasteiger partial charge in [0.25, 0.3) is 5.91 Å². The van der Waals surface area contributed by atoms with Crippen LogP contribution in [0.2, 0.25) is 0 Å². The van der Waals surface area contributed by atoms with E-state index in [1.807, 2.05) is 44.2 Å². The van der Waals surface area contributed by atoms with E-state index in [1.54, 1.807) is 12.1 Å². The molecule has 2 rings (SSSR count). The molecule has 0 saturated carbocycles. The van der Waals surface area contributed by atoms with Gasteiger partial charge in [0.15, 0.2) is 0 Å². The number of halogens is 1. The summed E-state index contributed by atoms with van der Waals surface area (Å²) in [7, 11) is 0. The highest BCUT2D eigenvalue weighted by molar-refractivity contribution is 9.10. The van der Waals surface area contributed by atoms with Gasteiger partial charge in [0, 0.05) is 21.8 Å². The van der Waals surface area contributed by atoms with E-state index in [4.69, 9.17) is 4.74 Å². The SMILES string of the molecule is C=C(C)COc1cccc(NC(=O)c2ccc(C)c(Br)c2)c1. The van der Waals surface area contributed by atoms with E-state index in [-0.39, 0.29) is 5.91 Å². The van der Waals surface area contributed by atoms with E-state index in [9.17, 15) is 4.79 Å². The molecule has 0 heterocycles. The normalized spacial score (nSPS) is 10.1. The number of carbonyl (C=O) groups is 1. The lowest BCUT2D eigenvalue weighted by Crippen LogP contribution is -2.12. The van der Waals surface area contributed by atoms with Gasteiger partial charge >= 0.3 is 0 Å². The second kappa shape index (κ2) is 7.27. The number of ether oxygens (including phenoxy) is 1. The Kier molecular flexibility index (Phi) is 5.39. The molecule has 1 amide bonds. The summed E-state index contributed by atoms with van der Waals surface area (Å²) in [5.74, 6) is 0.545. The molecule has 0 aliphatic heterocycles. The van der Waals surface area contributed by atoms with Crippen molar-refractivity contribution in [1.29, 1.82) is 0 Å². The predicted molar refractivity (Wildman–Crippen MR) is 93.6 cm³/mol. The number of anilines is 1. The molecule has 0 atom stereocenters. The largest absolute Gasteiger partial charge is 0.489 e. The van der Waals surface area contributed by atoms with Crippen molar-refractivity contribution in [3.8, 4) is 5.75 Å². The van der Waals surface area contributed by atoms with Crippen LogP contribution in [0.15, 0.2) is 59.1 Å². The van der Waals surface area contributed by atoms with Crippen LogP contribution in [0.3, 0.4) is 0 Å². The maximum atomic E-state index is 12.3. The number of amides is 1. The highest BCUT2D eigenvalue weighted by Crippen LogP contribution is 2.21. The Morgan fingerprint density at radius 3 is 2.73 bits per heavy atom. The van der Waals surface area contributed by atoms with Gasteiger partial charge in [-0.2, -0.15) is 0 Å². The molecule has 2 aromatic rings. The first-order valence-electron chi connectivity index (χ1n) is 6.90. The van der Waals surface area contributed by atoms with Gasteiger partial charge in [-0.1, -0.05) is 34.6 Å². The molecule has 22 heavy (non-hydrogen) atoms. The molecule has 2 aromatic carbocycles. The van der Waals surface area contributed by atoms with Crippen LogP contribution in [-0.4, -0.2) is 12.5 Å². The molecule has 0 unspecified atom stereocenters. The molecule has 0 radical (unpaired) electrons. The monoisotopic (exact) mass is 359 g/mol. The Hall–Kier alpha value is -2.07. The molecule has 0 spiro atoms. The van der Waals surface area contributed by atoms with Gasteiger partial charge in [-0.05, 0) is 49.2 Å². The standard InChI is InChI=1S/C18H18BrNO2/c1-12(2)11-22-16-6-4-5-15(10-16)20-18(21)14-8-7-13(3)17(19)9-14/h4-10H,1,11H2,2-3H3,(H,20,21). The lowest BCUT2D eigenvalue weighted by molar-refractivity contribution is 0.102. The van der Waals surface area contributed by atoms with Crippen LogP contribution in [0.4, 0.5) is 5.69 Å². The summed E-state index contributed by atoms with van der Waals surface area (Å²) >= 11 is 3.44. The van der Waals surface area contributed by atoms with E-state index < -0.39 is 0 Å². The van der Waals surface area contributed by atoms with Crippen LogP contribution in [0.1, 0.15) is 22.8 Å². The van der Waals surface area contributed by atoms with E-state index in [0.29, 0.717) is 23.6 Å². The first-order valence-corrected chi connectivity index (χ1v) is 7.70. The number of hydrogen-bond acceptors (Lipinski definition) is 2. The first-order chi connectivity index (χ1) is 10.5. The Morgan fingerprint density at radius 2 is 2.05 bits per heavy atom. The highest BCUT2D eigenvalue weighted by atomic mass is 79.9. The molecule has 0 saturated heterocycles. The first kappa shape index (κ1) is 16.3. The van der Waals surface area contributed by atoms with Gasteiger partial charge in [0.2, 0.25) is 0 Å². The van der Waals surface area contributed by atoms with Gasteiger partial charge < -0.3 is 10.1 Å². The van der Waals surface area contributed by atoms with Crippen molar-refractivity contribution in [2.24, 2.45) is 0 Å². The van der Waals surface area contributed by atoms with E-state index in [2.05, 4.69) is 27.8 Å². The molecular weight excluding hydrogens is 342 g/mol. The second-order valence-electron chi connectivity index (χ2n) is 5.19. The number of aryl methyl sites for hydroxylation is 1. The number of hydrogen-bond donors (Lipinski definition) is 1. The fourth-order valence-electron chi connectivity index (χ4n) is 1.81. The summed E-state index contributed by atoms with van der Waals surface area (Å²) in [5, 5.41) is 2.87. The van der Waals surface area contributed by atoms with Gasteiger partial charge in [-0.15, -0.1) is 0 Å². The Labute approximate surface area is 139 Å². The maximum Gasteiger partial charge on any atom is 0.255 e. The van der Waals surface area contributed by atoms with Gasteiger partial charge in [0.05, 0.1) is 0 Å². The van der Waals surface area contributed by atoms with Gasteiger partial charge in [0.1, 0.15) is 12.4 Å². The molecule has 0 aromatic heterocycles. The van der Waals surface area contributed by atoms with Crippen molar-refractivity contribution in [2.45, 2.75) is 13.8 Å². The zero-order valence-corrected chi connectivity index (χ0v) is 14.2. The number of benzene rings is 2. The summed E-state index contributed by atoms with van der Waals surface area (Å²) < 4.78 is 6.49. The van der Waals surface area contributed by atoms with Crippen molar-refractivity contribution in [1.82, 2.24) is 0 Å². The van der Waals surface area contributed by atoms with Crippen LogP contribution in [0, 0.1) is 6.92 Å². The third kappa shape index (κ3) is 4.46. The molecule has 4 heteroatoms. The number of rotatable bonds is 5. The van der Waals surface area contributed by atoms with Crippen molar-refractivity contribution < 1.29 is 9.53 Å². The zero-order valence-electron chi connectivity index (χ0n) is 12.7. The van der Waals surface area contributed by atoms with Gasteiger partial charge in [-0.25, -0.2) is 0 Å². The summed E-state index contributed by atoms with van der Waals surface area (Å²) in [6.45, 7) is 8.14. The number of carbonyl (C=O) groups excluding carboxylic acids is 1.